The van der Waals surface area contributed by atoms with Crippen LogP contribution in [0.15, 0.2) is 78.9 Å². The number of methoxy groups -OCH3 is 1. The lowest BCUT2D eigenvalue weighted by molar-refractivity contribution is -0.121. The summed E-state index contributed by atoms with van der Waals surface area (Å²) < 4.78 is 24.1. The molecule has 0 saturated heterocycles. The van der Waals surface area contributed by atoms with E-state index in [1.807, 2.05) is 54.6 Å². The maximum atomic E-state index is 13.3. The van der Waals surface area contributed by atoms with E-state index in [2.05, 4.69) is 5.32 Å². The van der Waals surface area contributed by atoms with Crippen LogP contribution in [0.1, 0.15) is 30.0 Å². The summed E-state index contributed by atoms with van der Waals surface area (Å²) in [7, 11) is 1.61. The Morgan fingerprint density at radius 3 is 2.17 bits per heavy atom. The summed E-state index contributed by atoms with van der Waals surface area (Å²) in [6.07, 6.45) is 0.920. The summed E-state index contributed by atoms with van der Waals surface area (Å²) in [6, 6.07) is 22.8. The van der Waals surface area contributed by atoms with E-state index in [9.17, 15) is 9.18 Å². The zero-order valence-corrected chi connectivity index (χ0v) is 16.3. The highest BCUT2D eigenvalue weighted by Gasteiger charge is 2.16. The second-order valence-electron chi connectivity index (χ2n) is 6.59. The van der Waals surface area contributed by atoms with Gasteiger partial charge in [0.05, 0.1) is 19.8 Å². The van der Waals surface area contributed by atoms with Crippen LogP contribution in [-0.2, 0) is 4.79 Å². The van der Waals surface area contributed by atoms with Gasteiger partial charge in [0.15, 0.2) is 0 Å². The van der Waals surface area contributed by atoms with Crippen LogP contribution in [0.3, 0.4) is 0 Å². The molecule has 29 heavy (non-hydrogen) atoms. The number of rotatable bonds is 9. The molecule has 1 N–H and O–H groups in total. The average Bonchev–Trinajstić information content (AvgIpc) is 2.77. The Balaban J connectivity index is 1.54. The van der Waals surface area contributed by atoms with Crippen LogP contribution in [-0.4, -0.2) is 19.6 Å². The zero-order chi connectivity index (χ0) is 20.5. The molecule has 0 aliphatic carbocycles. The van der Waals surface area contributed by atoms with E-state index in [0.29, 0.717) is 19.4 Å². The third-order valence-electron chi connectivity index (χ3n) is 4.52. The van der Waals surface area contributed by atoms with E-state index in [0.717, 1.165) is 22.6 Å². The highest BCUT2D eigenvalue weighted by molar-refractivity contribution is 5.77. The molecular formula is C24H24FNO3. The molecule has 5 heteroatoms. The Morgan fingerprint density at radius 2 is 1.52 bits per heavy atom. The van der Waals surface area contributed by atoms with Crippen molar-refractivity contribution < 1.29 is 18.7 Å². The first kappa shape index (κ1) is 20.4. The summed E-state index contributed by atoms with van der Waals surface area (Å²) in [5, 5.41) is 3.05. The fraction of sp³-hybridized carbons (Fsp3) is 0.208. The van der Waals surface area contributed by atoms with Crippen LogP contribution in [0.25, 0.3) is 0 Å². The van der Waals surface area contributed by atoms with Crippen LogP contribution in [0.4, 0.5) is 4.39 Å². The lowest BCUT2D eigenvalue weighted by Crippen LogP contribution is -2.29. The Labute approximate surface area is 170 Å². The van der Waals surface area contributed by atoms with Crippen LogP contribution in [0.2, 0.25) is 0 Å². The lowest BCUT2D eigenvalue weighted by atomic mass is 9.98. The predicted octanol–water partition coefficient (Wildman–Crippen LogP) is 4.90. The summed E-state index contributed by atoms with van der Waals surface area (Å²) in [4.78, 5) is 12.5. The second kappa shape index (κ2) is 10.3. The maximum Gasteiger partial charge on any atom is 0.220 e. The highest BCUT2D eigenvalue weighted by Crippen LogP contribution is 2.22. The minimum Gasteiger partial charge on any atom is -0.497 e. The van der Waals surface area contributed by atoms with Gasteiger partial charge in [0.25, 0.3) is 0 Å². The van der Waals surface area contributed by atoms with Crippen molar-refractivity contribution in [2.45, 2.75) is 18.9 Å². The fourth-order valence-corrected chi connectivity index (χ4v) is 2.99. The van der Waals surface area contributed by atoms with E-state index < -0.39 is 0 Å². The molecule has 4 nitrogen and oxygen atoms in total. The van der Waals surface area contributed by atoms with Gasteiger partial charge in [-0.25, -0.2) is 4.39 Å². The number of hydrogen-bond acceptors (Lipinski definition) is 3. The lowest BCUT2D eigenvalue weighted by Gasteiger charge is -2.20. The Kier molecular flexibility index (Phi) is 7.22. The summed E-state index contributed by atoms with van der Waals surface area (Å²) >= 11 is 0. The first-order valence-corrected chi connectivity index (χ1v) is 9.52. The third-order valence-corrected chi connectivity index (χ3v) is 4.52. The number of amides is 1. The Morgan fingerprint density at radius 1 is 0.897 bits per heavy atom. The molecule has 150 valence electrons. The minimum atomic E-state index is -0.327. The smallest absolute Gasteiger partial charge is 0.220 e. The molecule has 0 radical (unpaired) electrons. The largest absolute Gasteiger partial charge is 0.497 e. The van der Waals surface area contributed by atoms with Crippen molar-refractivity contribution in [2.75, 3.05) is 13.7 Å². The van der Waals surface area contributed by atoms with Gasteiger partial charge >= 0.3 is 0 Å². The molecular weight excluding hydrogens is 369 g/mol. The van der Waals surface area contributed by atoms with Gasteiger partial charge in [0.1, 0.15) is 17.3 Å². The molecule has 0 saturated carbocycles. The number of ether oxygens (including phenoxy) is 2. The molecule has 3 rings (SSSR count). The van der Waals surface area contributed by atoms with Crippen LogP contribution in [0, 0.1) is 5.82 Å². The van der Waals surface area contributed by atoms with Crippen molar-refractivity contribution in [3.05, 3.63) is 95.8 Å². The van der Waals surface area contributed by atoms with Crippen LogP contribution >= 0.6 is 0 Å². The van der Waals surface area contributed by atoms with Gasteiger partial charge in [-0.2, -0.15) is 0 Å². The molecule has 0 heterocycles. The standard InChI is InChI=1S/C24H24FNO3/c1-28-21-13-15-22(16-14-21)29-17-5-8-23(27)26-24(18-6-3-2-4-7-18)19-9-11-20(25)12-10-19/h2-4,6-7,9-16,24H,5,8,17H2,1H3,(H,26,27). The summed E-state index contributed by atoms with van der Waals surface area (Å²) in [5.41, 5.74) is 1.78. The van der Waals surface area contributed by atoms with E-state index in [1.165, 1.54) is 12.1 Å². The highest BCUT2D eigenvalue weighted by atomic mass is 19.1. The van der Waals surface area contributed by atoms with Crippen molar-refractivity contribution >= 4 is 5.91 Å². The van der Waals surface area contributed by atoms with Crippen molar-refractivity contribution in [3.63, 3.8) is 0 Å². The van der Waals surface area contributed by atoms with Crippen LogP contribution < -0.4 is 14.8 Å². The normalized spacial score (nSPS) is 11.5. The zero-order valence-electron chi connectivity index (χ0n) is 16.3. The molecule has 0 aliphatic rings. The number of carbonyl (C=O) groups is 1. The minimum absolute atomic E-state index is 0.0819. The number of halogens is 1. The van der Waals surface area contributed by atoms with Gasteiger partial charge in [-0.15, -0.1) is 0 Å². The number of nitrogens with one attached hydrogen (secondary N) is 1. The topological polar surface area (TPSA) is 47.6 Å². The van der Waals surface area contributed by atoms with Crippen molar-refractivity contribution in [1.29, 1.82) is 0 Å². The monoisotopic (exact) mass is 393 g/mol. The Hall–Kier alpha value is -3.34. The van der Waals surface area contributed by atoms with Crippen molar-refractivity contribution in [1.82, 2.24) is 5.32 Å². The van der Waals surface area contributed by atoms with E-state index >= 15 is 0 Å². The molecule has 0 spiro atoms. The predicted molar refractivity (Wildman–Crippen MR) is 111 cm³/mol. The van der Waals surface area contributed by atoms with Crippen LogP contribution in [0.5, 0.6) is 11.5 Å². The fourth-order valence-electron chi connectivity index (χ4n) is 2.99. The molecule has 1 atom stereocenters. The molecule has 0 fully saturated rings. The van der Waals surface area contributed by atoms with Crippen molar-refractivity contribution in [2.24, 2.45) is 0 Å². The number of benzene rings is 3. The molecule has 1 unspecified atom stereocenters. The molecule has 3 aromatic rings. The molecule has 0 bridgehead atoms. The molecule has 3 aromatic carbocycles. The SMILES string of the molecule is COc1ccc(OCCCC(=O)NC(c2ccccc2)c2ccc(F)cc2)cc1. The first-order valence-electron chi connectivity index (χ1n) is 9.52. The van der Waals surface area contributed by atoms with E-state index in [-0.39, 0.29) is 17.8 Å². The van der Waals surface area contributed by atoms with E-state index in [1.54, 1.807) is 19.2 Å². The first-order chi connectivity index (χ1) is 14.2. The van der Waals surface area contributed by atoms with Crippen molar-refractivity contribution in [3.8, 4) is 11.5 Å². The third kappa shape index (κ3) is 6.07. The second-order valence-corrected chi connectivity index (χ2v) is 6.59. The van der Waals surface area contributed by atoms with Gasteiger partial charge in [-0.3, -0.25) is 4.79 Å². The average molecular weight is 393 g/mol. The maximum absolute atomic E-state index is 13.3. The number of hydrogen-bond donors (Lipinski definition) is 1. The van der Waals surface area contributed by atoms with E-state index in [4.69, 9.17) is 9.47 Å². The summed E-state index contributed by atoms with van der Waals surface area (Å²) in [6.45, 7) is 0.437. The van der Waals surface area contributed by atoms with Gasteiger partial charge in [0, 0.05) is 6.42 Å². The Bertz CT molecular complexity index is 896. The summed E-state index contributed by atoms with van der Waals surface area (Å²) in [5.74, 6) is 1.12. The van der Waals surface area contributed by atoms with Gasteiger partial charge in [-0.1, -0.05) is 42.5 Å². The molecule has 0 aliphatic heterocycles. The number of carbonyl (C=O) groups excluding carboxylic acids is 1. The van der Waals surface area contributed by atoms with Gasteiger partial charge < -0.3 is 14.8 Å². The molecule has 0 aromatic heterocycles. The quantitative estimate of drug-likeness (QED) is 0.526. The van der Waals surface area contributed by atoms with Gasteiger partial charge in [-0.05, 0) is 53.9 Å². The van der Waals surface area contributed by atoms with Gasteiger partial charge in [0.2, 0.25) is 5.91 Å². The molecule has 1 amide bonds.